The lowest BCUT2D eigenvalue weighted by molar-refractivity contribution is 0.306. The number of ether oxygens (including phenoxy) is 1. The Hall–Kier alpha value is -1.06. The standard InChI is InChI=1S/C13H22N2O/c1-2-3-4-8-16-12-7-5-6-11(9-12)13(15)10-14/h5-7,9,13H,2-4,8,10,14-15H2,1H3. The minimum atomic E-state index is -0.0980. The highest BCUT2D eigenvalue weighted by atomic mass is 16.5. The lowest BCUT2D eigenvalue weighted by Gasteiger charge is -2.11. The molecule has 0 amide bonds. The van der Waals surface area contributed by atoms with E-state index in [0.29, 0.717) is 6.54 Å². The Morgan fingerprint density at radius 2 is 2.12 bits per heavy atom. The molecule has 0 spiro atoms. The Labute approximate surface area is 97.8 Å². The van der Waals surface area contributed by atoms with Crippen LogP contribution in [-0.2, 0) is 0 Å². The summed E-state index contributed by atoms with van der Waals surface area (Å²) in [7, 11) is 0. The highest BCUT2D eigenvalue weighted by Crippen LogP contribution is 2.17. The van der Waals surface area contributed by atoms with Crippen molar-refractivity contribution < 1.29 is 4.74 Å². The third-order valence-electron chi connectivity index (χ3n) is 2.56. The zero-order chi connectivity index (χ0) is 11.8. The van der Waals surface area contributed by atoms with E-state index in [1.807, 2.05) is 24.3 Å². The number of benzene rings is 1. The average Bonchev–Trinajstić information content (AvgIpc) is 2.34. The predicted molar refractivity (Wildman–Crippen MR) is 67.4 cm³/mol. The van der Waals surface area contributed by atoms with E-state index >= 15 is 0 Å². The minimum Gasteiger partial charge on any atom is -0.494 e. The zero-order valence-corrected chi connectivity index (χ0v) is 9.99. The van der Waals surface area contributed by atoms with Crippen LogP contribution in [0.3, 0.4) is 0 Å². The fourth-order valence-electron chi connectivity index (χ4n) is 1.51. The molecule has 0 heterocycles. The van der Waals surface area contributed by atoms with E-state index in [1.54, 1.807) is 0 Å². The number of hydrogen-bond acceptors (Lipinski definition) is 3. The summed E-state index contributed by atoms with van der Waals surface area (Å²) >= 11 is 0. The molecule has 0 aliphatic heterocycles. The molecule has 90 valence electrons. The van der Waals surface area contributed by atoms with Crippen LogP contribution in [0.15, 0.2) is 24.3 Å². The molecule has 0 bridgehead atoms. The van der Waals surface area contributed by atoms with Gasteiger partial charge in [-0.3, -0.25) is 0 Å². The van der Waals surface area contributed by atoms with Gasteiger partial charge in [0.15, 0.2) is 0 Å². The molecule has 0 fully saturated rings. The molecule has 0 saturated heterocycles. The lowest BCUT2D eigenvalue weighted by Crippen LogP contribution is -2.20. The van der Waals surface area contributed by atoms with Crippen molar-refractivity contribution in [2.75, 3.05) is 13.2 Å². The summed E-state index contributed by atoms with van der Waals surface area (Å²) in [5, 5.41) is 0. The number of rotatable bonds is 7. The monoisotopic (exact) mass is 222 g/mol. The van der Waals surface area contributed by atoms with Crippen LogP contribution in [-0.4, -0.2) is 13.2 Å². The summed E-state index contributed by atoms with van der Waals surface area (Å²) in [6.45, 7) is 3.41. The SMILES string of the molecule is CCCCCOc1cccc(C(N)CN)c1. The third-order valence-corrected chi connectivity index (χ3v) is 2.56. The summed E-state index contributed by atoms with van der Waals surface area (Å²) < 4.78 is 5.65. The second-order valence-electron chi connectivity index (χ2n) is 3.97. The average molecular weight is 222 g/mol. The summed E-state index contributed by atoms with van der Waals surface area (Å²) in [6, 6.07) is 7.78. The first-order chi connectivity index (χ1) is 7.77. The predicted octanol–water partition coefficient (Wildman–Crippen LogP) is 2.21. The molecule has 0 aliphatic carbocycles. The van der Waals surface area contributed by atoms with Crippen LogP contribution in [0.25, 0.3) is 0 Å². The van der Waals surface area contributed by atoms with Gasteiger partial charge in [-0.2, -0.15) is 0 Å². The number of unbranched alkanes of at least 4 members (excludes halogenated alkanes) is 2. The van der Waals surface area contributed by atoms with Crippen LogP contribution < -0.4 is 16.2 Å². The largest absolute Gasteiger partial charge is 0.494 e. The van der Waals surface area contributed by atoms with Crippen molar-refractivity contribution >= 4 is 0 Å². The third kappa shape index (κ3) is 4.21. The summed E-state index contributed by atoms with van der Waals surface area (Å²) in [5.41, 5.74) is 12.4. The Bertz CT molecular complexity index is 302. The second kappa shape index (κ2) is 7.25. The fourth-order valence-corrected chi connectivity index (χ4v) is 1.51. The molecule has 1 unspecified atom stereocenters. The Kier molecular flexibility index (Phi) is 5.90. The van der Waals surface area contributed by atoms with E-state index in [4.69, 9.17) is 16.2 Å². The van der Waals surface area contributed by atoms with Crippen LogP contribution in [0.1, 0.15) is 37.8 Å². The van der Waals surface area contributed by atoms with Crippen molar-refractivity contribution in [3.05, 3.63) is 29.8 Å². The van der Waals surface area contributed by atoms with E-state index in [-0.39, 0.29) is 6.04 Å². The smallest absolute Gasteiger partial charge is 0.119 e. The molecule has 16 heavy (non-hydrogen) atoms. The second-order valence-corrected chi connectivity index (χ2v) is 3.97. The molecule has 4 N–H and O–H groups in total. The van der Waals surface area contributed by atoms with E-state index in [9.17, 15) is 0 Å². The van der Waals surface area contributed by atoms with E-state index < -0.39 is 0 Å². The molecule has 0 saturated carbocycles. The van der Waals surface area contributed by atoms with Crippen LogP contribution in [0, 0.1) is 0 Å². The van der Waals surface area contributed by atoms with Crippen LogP contribution >= 0.6 is 0 Å². The van der Waals surface area contributed by atoms with Crippen LogP contribution in [0.5, 0.6) is 5.75 Å². The Morgan fingerprint density at radius 1 is 1.31 bits per heavy atom. The van der Waals surface area contributed by atoms with Crippen molar-refractivity contribution in [2.24, 2.45) is 11.5 Å². The van der Waals surface area contributed by atoms with Crippen LogP contribution in [0.4, 0.5) is 0 Å². The Balaban J connectivity index is 2.47. The van der Waals surface area contributed by atoms with Crippen molar-refractivity contribution in [3.63, 3.8) is 0 Å². The lowest BCUT2D eigenvalue weighted by atomic mass is 10.1. The van der Waals surface area contributed by atoms with Gasteiger partial charge in [-0.1, -0.05) is 31.9 Å². The topological polar surface area (TPSA) is 61.3 Å². The van der Waals surface area contributed by atoms with Crippen molar-refractivity contribution in [3.8, 4) is 5.75 Å². The van der Waals surface area contributed by atoms with Gasteiger partial charge in [-0.05, 0) is 24.1 Å². The van der Waals surface area contributed by atoms with Crippen molar-refractivity contribution in [2.45, 2.75) is 32.2 Å². The summed E-state index contributed by atoms with van der Waals surface area (Å²) in [5.74, 6) is 0.887. The van der Waals surface area contributed by atoms with Gasteiger partial charge in [0.2, 0.25) is 0 Å². The quantitative estimate of drug-likeness (QED) is 0.695. The van der Waals surface area contributed by atoms with Gasteiger partial charge in [0.25, 0.3) is 0 Å². The van der Waals surface area contributed by atoms with E-state index in [0.717, 1.165) is 24.3 Å². The molecule has 0 aromatic heterocycles. The molecule has 0 radical (unpaired) electrons. The first-order valence-electron chi connectivity index (χ1n) is 5.96. The van der Waals surface area contributed by atoms with Gasteiger partial charge in [-0.25, -0.2) is 0 Å². The van der Waals surface area contributed by atoms with Gasteiger partial charge >= 0.3 is 0 Å². The van der Waals surface area contributed by atoms with Crippen molar-refractivity contribution in [1.29, 1.82) is 0 Å². The highest BCUT2D eigenvalue weighted by Gasteiger charge is 2.04. The molecule has 0 aliphatic rings. The minimum absolute atomic E-state index is 0.0980. The molecule has 1 rings (SSSR count). The summed E-state index contributed by atoms with van der Waals surface area (Å²) in [4.78, 5) is 0. The summed E-state index contributed by atoms with van der Waals surface area (Å²) in [6.07, 6.45) is 3.52. The fraction of sp³-hybridized carbons (Fsp3) is 0.538. The molecular weight excluding hydrogens is 200 g/mol. The number of hydrogen-bond donors (Lipinski definition) is 2. The molecule has 1 aromatic rings. The Morgan fingerprint density at radius 3 is 2.81 bits per heavy atom. The van der Waals surface area contributed by atoms with Crippen molar-refractivity contribution in [1.82, 2.24) is 0 Å². The molecule has 1 aromatic carbocycles. The van der Waals surface area contributed by atoms with E-state index in [2.05, 4.69) is 6.92 Å². The molecule has 1 atom stereocenters. The van der Waals surface area contributed by atoms with Crippen LogP contribution in [0.2, 0.25) is 0 Å². The molecule has 3 nitrogen and oxygen atoms in total. The molecule has 3 heteroatoms. The van der Waals surface area contributed by atoms with Gasteiger partial charge in [0, 0.05) is 12.6 Å². The highest BCUT2D eigenvalue weighted by molar-refractivity contribution is 5.30. The van der Waals surface area contributed by atoms with E-state index in [1.165, 1.54) is 12.8 Å². The van der Waals surface area contributed by atoms with Gasteiger partial charge in [0.05, 0.1) is 6.61 Å². The zero-order valence-electron chi connectivity index (χ0n) is 9.99. The maximum Gasteiger partial charge on any atom is 0.119 e. The first kappa shape index (κ1) is 13.0. The van der Waals surface area contributed by atoms with Gasteiger partial charge in [-0.15, -0.1) is 0 Å². The maximum absolute atomic E-state index is 5.86. The maximum atomic E-state index is 5.86. The first-order valence-corrected chi connectivity index (χ1v) is 5.96. The number of nitrogens with two attached hydrogens (primary N) is 2. The van der Waals surface area contributed by atoms with Gasteiger partial charge < -0.3 is 16.2 Å². The van der Waals surface area contributed by atoms with Gasteiger partial charge in [0.1, 0.15) is 5.75 Å². The molecular formula is C13H22N2O. The normalized spacial score (nSPS) is 12.4.